The van der Waals surface area contributed by atoms with Gasteiger partial charge in [0.2, 0.25) is 0 Å². The first kappa shape index (κ1) is 19.0. The molecule has 0 radical (unpaired) electrons. The molecule has 5 nitrogen and oxygen atoms in total. The number of hydrogen-bond acceptors (Lipinski definition) is 5. The summed E-state index contributed by atoms with van der Waals surface area (Å²) in [5.41, 5.74) is -7.09. The smallest absolute Gasteiger partial charge is 0.490 e. The zero-order valence-corrected chi connectivity index (χ0v) is 13.9. The second kappa shape index (κ2) is 5.88. The molecule has 0 heterocycles. The second-order valence-electron chi connectivity index (χ2n) is 6.38. The van der Waals surface area contributed by atoms with Gasteiger partial charge in [-0.1, -0.05) is 0 Å². The van der Waals surface area contributed by atoms with E-state index in [0.29, 0.717) is 18.9 Å². The highest BCUT2D eigenvalue weighted by molar-refractivity contribution is 7.92. The Balaban J connectivity index is 2.06. The number of nitrogens with one attached hydrogen (secondary N) is 1. The fourth-order valence-corrected chi connectivity index (χ4v) is 4.16. The normalized spacial score (nSPS) is 27.5. The van der Waals surface area contributed by atoms with Crippen LogP contribution in [0.2, 0.25) is 0 Å². The van der Waals surface area contributed by atoms with E-state index in [1.54, 1.807) is 0 Å². The lowest BCUT2D eigenvalue weighted by atomic mass is 9.83. The number of fused-ring (bicyclic) bond motifs is 1. The lowest BCUT2D eigenvalue weighted by molar-refractivity contribution is -0.0979. The third kappa shape index (κ3) is 2.86. The monoisotopic (exact) mass is 399 g/mol. The molecule has 3 rings (SSSR count). The maximum atomic E-state index is 13.9. The number of sulfone groups is 1. The van der Waals surface area contributed by atoms with Crippen molar-refractivity contribution in [3.63, 3.8) is 0 Å². The Morgan fingerprint density at radius 2 is 1.88 bits per heavy atom. The molecular formula is C15H14F5NO4S. The van der Waals surface area contributed by atoms with Gasteiger partial charge in [-0.2, -0.15) is 13.2 Å². The lowest BCUT2D eigenvalue weighted by Gasteiger charge is -2.33. The zero-order valence-electron chi connectivity index (χ0n) is 13.1. The predicted molar refractivity (Wildman–Crippen MR) is 79.2 cm³/mol. The van der Waals surface area contributed by atoms with Crippen LogP contribution in [0, 0.1) is 11.3 Å². The molecule has 0 saturated heterocycles. The number of aliphatic hydroxyl groups excluding tert-OH is 1. The van der Waals surface area contributed by atoms with E-state index in [2.05, 4.69) is 0 Å². The van der Waals surface area contributed by atoms with Crippen LogP contribution < -0.4 is 4.74 Å². The van der Waals surface area contributed by atoms with Crippen molar-refractivity contribution in [2.75, 3.05) is 0 Å². The number of benzene rings is 1. The van der Waals surface area contributed by atoms with Crippen molar-refractivity contribution in [1.29, 1.82) is 5.41 Å². The third-order valence-corrected chi connectivity index (χ3v) is 6.16. The van der Waals surface area contributed by atoms with E-state index in [0.717, 1.165) is 6.07 Å². The van der Waals surface area contributed by atoms with E-state index >= 15 is 0 Å². The summed E-state index contributed by atoms with van der Waals surface area (Å²) in [6.07, 6.45) is -2.12. The standard InChI is InChI=1S/C15H14F5NO4S/c16-14(17)5-9-10(25-8-3-7(4-8)6-21)1-2-11(12(9)13(14)22)26(23,24)15(18,19)20/h1-2,6-8,13,21-22H,3-5H2/t7-,8+,13-/m0/s1. The van der Waals surface area contributed by atoms with Crippen molar-refractivity contribution >= 4 is 16.1 Å². The molecule has 11 heteroatoms. The summed E-state index contributed by atoms with van der Waals surface area (Å²) < 4.78 is 95.3. The number of rotatable bonds is 4. The molecular weight excluding hydrogens is 385 g/mol. The molecule has 2 aliphatic rings. The first-order chi connectivity index (χ1) is 11.9. The highest BCUT2D eigenvalue weighted by Gasteiger charge is 2.55. The predicted octanol–water partition coefficient (Wildman–Crippen LogP) is 3.01. The summed E-state index contributed by atoms with van der Waals surface area (Å²) in [7, 11) is -5.91. The Hall–Kier alpha value is -1.75. The van der Waals surface area contributed by atoms with Crippen LogP contribution in [0.5, 0.6) is 5.75 Å². The summed E-state index contributed by atoms with van der Waals surface area (Å²) in [6, 6.07) is 1.44. The van der Waals surface area contributed by atoms with Gasteiger partial charge in [-0.3, -0.25) is 0 Å². The minimum absolute atomic E-state index is 0.0232. The van der Waals surface area contributed by atoms with Crippen molar-refractivity contribution in [2.45, 2.75) is 47.8 Å². The molecule has 144 valence electrons. The van der Waals surface area contributed by atoms with Crippen LogP contribution in [0.4, 0.5) is 22.0 Å². The Bertz CT molecular complexity index is 846. The largest absolute Gasteiger partial charge is 0.501 e. The van der Waals surface area contributed by atoms with E-state index in [-0.39, 0.29) is 11.7 Å². The molecule has 1 fully saturated rings. The van der Waals surface area contributed by atoms with Gasteiger partial charge in [0.15, 0.2) is 0 Å². The first-order valence-corrected chi connectivity index (χ1v) is 9.07. The molecule has 0 bridgehead atoms. The van der Waals surface area contributed by atoms with Crippen molar-refractivity contribution < 1.29 is 40.2 Å². The van der Waals surface area contributed by atoms with Gasteiger partial charge >= 0.3 is 5.51 Å². The maximum absolute atomic E-state index is 13.9. The Morgan fingerprint density at radius 3 is 2.42 bits per heavy atom. The highest BCUT2D eigenvalue weighted by atomic mass is 32.2. The lowest BCUT2D eigenvalue weighted by Crippen LogP contribution is -2.34. The van der Waals surface area contributed by atoms with Crippen LogP contribution in [0.3, 0.4) is 0 Å². The van der Waals surface area contributed by atoms with Crippen LogP contribution in [0.1, 0.15) is 30.1 Å². The molecule has 2 N–H and O–H groups in total. The molecule has 1 aromatic rings. The third-order valence-electron chi connectivity index (χ3n) is 4.61. The molecule has 0 amide bonds. The molecule has 0 aromatic heterocycles. The number of alkyl halides is 5. The quantitative estimate of drug-likeness (QED) is 0.602. The fourth-order valence-electron chi connectivity index (χ4n) is 3.14. The minimum Gasteiger partial charge on any atom is -0.490 e. The SMILES string of the molecule is N=C[C@H]1C[C@@H](Oc2ccc(S(=O)(=O)C(F)(F)F)c3c2CC(F)(F)[C@H]3O)C1. The van der Waals surface area contributed by atoms with E-state index in [1.807, 2.05) is 0 Å². The molecule has 1 atom stereocenters. The van der Waals surface area contributed by atoms with E-state index in [9.17, 15) is 35.5 Å². The molecule has 1 aromatic carbocycles. The Labute approximate surface area is 145 Å². The topological polar surface area (TPSA) is 87.5 Å². The Kier molecular flexibility index (Phi) is 4.30. The van der Waals surface area contributed by atoms with Crippen LogP contribution in [-0.2, 0) is 16.3 Å². The van der Waals surface area contributed by atoms with Crippen LogP contribution in [0.15, 0.2) is 17.0 Å². The van der Waals surface area contributed by atoms with E-state index in [4.69, 9.17) is 10.1 Å². The van der Waals surface area contributed by atoms with Crippen LogP contribution >= 0.6 is 0 Å². The van der Waals surface area contributed by atoms with Gasteiger partial charge in [0.1, 0.15) is 11.9 Å². The zero-order chi connectivity index (χ0) is 19.5. The van der Waals surface area contributed by atoms with Gasteiger partial charge in [-0.05, 0) is 31.2 Å². The van der Waals surface area contributed by atoms with Gasteiger partial charge in [0, 0.05) is 23.5 Å². The summed E-state index contributed by atoms with van der Waals surface area (Å²) in [5.74, 6) is -4.01. The van der Waals surface area contributed by atoms with Gasteiger partial charge in [-0.25, -0.2) is 17.2 Å². The number of halogens is 5. The highest BCUT2D eigenvalue weighted by Crippen LogP contribution is 2.51. The minimum atomic E-state index is -5.91. The van der Waals surface area contributed by atoms with Crippen molar-refractivity contribution in [3.8, 4) is 5.75 Å². The fraction of sp³-hybridized carbons (Fsp3) is 0.533. The summed E-state index contributed by atoms with van der Waals surface area (Å²) >= 11 is 0. The number of hydrogen-bond donors (Lipinski definition) is 2. The second-order valence-corrected chi connectivity index (χ2v) is 8.29. The molecule has 0 unspecified atom stereocenters. The summed E-state index contributed by atoms with van der Waals surface area (Å²) in [4.78, 5) is -1.39. The van der Waals surface area contributed by atoms with Gasteiger partial charge < -0.3 is 15.3 Å². The van der Waals surface area contributed by atoms with Crippen molar-refractivity contribution in [3.05, 3.63) is 23.3 Å². The van der Waals surface area contributed by atoms with Crippen LogP contribution in [0.25, 0.3) is 0 Å². The summed E-state index contributed by atoms with van der Waals surface area (Å²) in [6.45, 7) is 0. The first-order valence-electron chi connectivity index (χ1n) is 7.58. The van der Waals surface area contributed by atoms with E-state index < -0.39 is 55.9 Å². The van der Waals surface area contributed by atoms with E-state index in [1.165, 1.54) is 6.21 Å². The average molecular weight is 399 g/mol. The van der Waals surface area contributed by atoms with Crippen LogP contribution in [-0.4, -0.2) is 37.3 Å². The average Bonchev–Trinajstić information content (AvgIpc) is 2.72. The summed E-state index contributed by atoms with van der Waals surface area (Å²) in [5, 5.41) is 16.9. The van der Waals surface area contributed by atoms with Crippen molar-refractivity contribution in [1.82, 2.24) is 0 Å². The molecule has 2 aliphatic carbocycles. The van der Waals surface area contributed by atoms with Gasteiger partial charge in [-0.15, -0.1) is 0 Å². The van der Waals surface area contributed by atoms with Crippen molar-refractivity contribution in [2.24, 2.45) is 5.92 Å². The van der Waals surface area contributed by atoms with Gasteiger partial charge in [0.25, 0.3) is 15.8 Å². The Morgan fingerprint density at radius 1 is 1.27 bits per heavy atom. The van der Waals surface area contributed by atoms with Gasteiger partial charge in [0.05, 0.1) is 11.0 Å². The molecule has 0 aliphatic heterocycles. The molecule has 0 spiro atoms. The molecule has 1 saturated carbocycles. The number of ether oxygens (including phenoxy) is 1. The molecule has 26 heavy (non-hydrogen) atoms. The maximum Gasteiger partial charge on any atom is 0.501 e. The number of aliphatic hydroxyl groups is 1.